The molecule has 6 rings (SSSR count). The molecule has 2 amide bonds. The van der Waals surface area contributed by atoms with Gasteiger partial charge in [0.05, 0.1) is 18.8 Å². The van der Waals surface area contributed by atoms with E-state index in [0.717, 1.165) is 54.4 Å². The Balaban J connectivity index is 1.10. The molecule has 1 aliphatic carbocycles. The number of fused-ring (bicyclic) bond motifs is 1. The number of hydrogen-bond donors (Lipinski definition) is 0. The molecule has 2 aliphatic heterocycles. The van der Waals surface area contributed by atoms with Crippen LogP contribution >= 0.6 is 0 Å². The second-order valence-corrected chi connectivity index (χ2v) is 10.5. The van der Waals surface area contributed by atoms with E-state index < -0.39 is 0 Å². The SMILES string of the molecule is O=C(c1ccc(CN2C(=O)CCn3nc(-c4ccccc4)cc32)cc1)N1CCN(C2CCCCC2)CC1. The van der Waals surface area contributed by atoms with Crippen LogP contribution < -0.4 is 4.90 Å². The van der Waals surface area contributed by atoms with E-state index in [1.807, 2.05) is 75.1 Å². The Bertz CT molecular complexity index is 1240. The van der Waals surface area contributed by atoms with E-state index in [1.54, 1.807) is 0 Å². The molecule has 2 aromatic carbocycles. The van der Waals surface area contributed by atoms with Gasteiger partial charge in [0.2, 0.25) is 5.91 Å². The number of amides is 2. The zero-order valence-corrected chi connectivity index (χ0v) is 21.4. The number of carbonyl (C=O) groups is 2. The van der Waals surface area contributed by atoms with E-state index in [9.17, 15) is 9.59 Å². The summed E-state index contributed by atoms with van der Waals surface area (Å²) in [5.41, 5.74) is 3.64. The van der Waals surface area contributed by atoms with Gasteiger partial charge in [-0.3, -0.25) is 19.4 Å². The number of nitrogens with zero attached hydrogens (tertiary/aromatic N) is 5. The number of rotatable bonds is 5. The molecule has 1 saturated carbocycles. The average molecular weight is 498 g/mol. The topological polar surface area (TPSA) is 61.7 Å². The smallest absolute Gasteiger partial charge is 0.253 e. The molecule has 7 nitrogen and oxygen atoms in total. The quantitative estimate of drug-likeness (QED) is 0.518. The van der Waals surface area contributed by atoms with Crippen molar-refractivity contribution in [1.82, 2.24) is 19.6 Å². The van der Waals surface area contributed by atoms with E-state index in [0.29, 0.717) is 25.6 Å². The van der Waals surface area contributed by atoms with Crippen molar-refractivity contribution >= 4 is 17.6 Å². The minimum atomic E-state index is 0.100. The van der Waals surface area contributed by atoms with Crippen molar-refractivity contribution in [2.75, 3.05) is 31.1 Å². The van der Waals surface area contributed by atoms with Gasteiger partial charge in [-0.2, -0.15) is 5.10 Å². The third kappa shape index (κ3) is 5.05. The van der Waals surface area contributed by atoms with E-state index in [2.05, 4.69) is 4.90 Å². The standard InChI is InChI=1S/C30H35N5O2/c36-29-15-16-35-28(21-27(31-35)24-7-3-1-4-8-24)34(29)22-23-11-13-25(14-12-23)30(37)33-19-17-32(18-20-33)26-9-5-2-6-10-26/h1,3-4,7-8,11-14,21,26H,2,5-6,9-10,15-20,22H2. The van der Waals surface area contributed by atoms with Gasteiger partial charge >= 0.3 is 0 Å². The van der Waals surface area contributed by atoms with Crippen LogP contribution in [0, 0.1) is 0 Å². The van der Waals surface area contributed by atoms with Crippen molar-refractivity contribution < 1.29 is 9.59 Å². The summed E-state index contributed by atoms with van der Waals surface area (Å²) in [5.74, 6) is 1.03. The lowest BCUT2D eigenvalue weighted by molar-refractivity contribution is -0.119. The molecule has 0 unspecified atom stereocenters. The number of aromatic nitrogens is 2. The molecule has 0 N–H and O–H groups in total. The molecular weight excluding hydrogens is 462 g/mol. The number of carbonyl (C=O) groups excluding carboxylic acids is 2. The lowest BCUT2D eigenvalue weighted by Crippen LogP contribution is -2.52. The van der Waals surface area contributed by atoms with Crippen molar-refractivity contribution in [3.05, 3.63) is 71.8 Å². The summed E-state index contributed by atoms with van der Waals surface area (Å²) < 4.78 is 1.93. The molecule has 3 heterocycles. The Labute approximate surface area is 218 Å². The van der Waals surface area contributed by atoms with E-state index in [-0.39, 0.29) is 11.8 Å². The van der Waals surface area contributed by atoms with Crippen molar-refractivity contribution in [1.29, 1.82) is 0 Å². The Morgan fingerprint density at radius 1 is 0.865 bits per heavy atom. The first kappa shape index (κ1) is 23.9. The average Bonchev–Trinajstić information content (AvgIpc) is 3.40. The van der Waals surface area contributed by atoms with Gasteiger partial charge in [-0.1, -0.05) is 61.7 Å². The molecule has 1 aromatic heterocycles. The van der Waals surface area contributed by atoms with Gasteiger partial charge in [-0.15, -0.1) is 0 Å². The van der Waals surface area contributed by atoms with Crippen LogP contribution in [0.4, 0.5) is 5.82 Å². The molecule has 3 aromatic rings. The van der Waals surface area contributed by atoms with Gasteiger partial charge in [-0.05, 0) is 30.5 Å². The van der Waals surface area contributed by atoms with Crippen LogP contribution in [-0.4, -0.2) is 63.6 Å². The van der Waals surface area contributed by atoms with Crippen molar-refractivity contribution in [3.8, 4) is 11.3 Å². The van der Waals surface area contributed by atoms with E-state index in [4.69, 9.17) is 5.10 Å². The van der Waals surface area contributed by atoms with Crippen molar-refractivity contribution in [2.45, 2.75) is 57.7 Å². The summed E-state index contributed by atoms with van der Waals surface area (Å²) >= 11 is 0. The van der Waals surface area contributed by atoms with Crippen LogP contribution in [0.3, 0.4) is 0 Å². The first-order valence-electron chi connectivity index (χ1n) is 13.7. The minimum absolute atomic E-state index is 0.100. The predicted molar refractivity (Wildman–Crippen MR) is 144 cm³/mol. The first-order chi connectivity index (χ1) is 18.2. The van der Waals surface area contributed by atoms with Gasteiger partial charge in [0.15, 0.2) is 0 Å². The van der Waals surface area contributed by atoms with Gasteiger partial charge in [-0.25, -0.2) is 4.68 Å². The highest BCUT2D eigenvalue weighted by molar-refractivity contribution is 5.95. The molecule has 2 fully saturated rings. The molecule has 0 spiro atoms. The van der Waals surface area contributed by atoms with E-state index in [1.165, 1.54) is 32.1 Å². The van der Waals surface area contributed by atoms with Crippen LogP contribution in [0.25, 0.3) is 11.3 Å². The Hall–Kier alpha value is -3.45. The van der Waals surface area contributed by atoms with Crippen LogP contribution in [0.15, 0.2) is 60.7 Å². The molecule has 192 valence electrons. The molecule has 3 aliphatic rings. The normalized spacial score (nSPS) is 19.2. The summed E-state index contributed by atoms with van der Waals surface area (Å²) in [6.45, 7) is 4.61. The second kappa shape index (κ2) is 10.5. The van der Waals surface area contributed by atoms with Crippen LogP contribution in [-0.2, 0) is 17.9 Å². The lowest BCUT2D eigenvalue weighted by atomic mass is 9.94. The minimum Gasteiger partial charge on any atom is -0.336 e. The highest BCUT2D eigenvalue weighted by Crippen LogP contribution is 2.29. The summed E-state index contributed by atoms with van der Waals surface area (Å²) in [6.07, 6.45) is 7.11. The van der Waals surface area contributed by atoms with Gasteiger partial charge in [0.1, 0.15) is 5.82 Å². The predicted octanol–water partition coefficient (Wildman–Crippen LogP) is 4.58. The molecule has 7 heteroatoms. The fourth-order valence-corrected chi connectivity index (χ4v) is 6.03. The van der Waals surface area contributed by atoms with Crippen LogP contribution in [0.5, 0.6) is 0 Å². The van der Waals surface area contributed by atoms with Crippen LogP contribution in [0.2, 0.25) is 0 Å². The monoisotopic (exact) mass is 497 g/mol. The highest BCUT2D eigenvalue weighted by Gasteiger charge is 2.29. The van der Waals surface area contributed by atoms with E-state index >= 15 is 0 Å². The maximum atomic E-state index is 13.2. The fourth-order valence-electron chi connectivity index (χ4n) is 6.03. The summed E-state index contributed by atoms with van der Waals surface area (Å²) in [6, 6.07) is 20.5. The number of aryl methyl sites for hydroxylation is 1. The Morgan fingerprint density at radius 3 is 2.32 bits per heavy atom. The Morgan fingerprint density at radius 2 is 1.59 bits per heavy atom. The summed E-state index contributed by atoms with van der Waals surface area (Å²) in [4.78, 5) is 32.4. The summed E-state index contributed by atoms with van der Waals surface area (Å²) in [7, 11) is 0. The first-order valence-corrected chi connectivity index (χ1v) is 13.7. The largest absolute Gasteiger partial charge is 0.336 e. The molecule has 0 bridgehead atoms. The number of anilines is 1. The van der Waals surface area contributed by atoms with Crippen LogP contribution in [0.1, 0.15) is 54.4 Å². The van der Waals surface area contributed by atoms with Gasteiger partial charge < -0.3 is 4.90 Å². The zero-order valence-electron chi connectivity index (χ0n) is 21.4. The highest BCUT2D eigenvalue weighted by atomic mass is 16.2. The van der Waals surface area contributed by atoms with Crippen molar-refractivity contribution in [2.24, 2.45) is 0 Å². The van der Waals surface area contributed by atoms with Gasteiger partial charge in [0, 0.05) is 55.8 Å². The molecule has 37 heavy (non-hydrogen) atoms. The number of benzene rings is 2. The number of piperazine rings is 1. The molecule has 0 atom stereocenters. The summed E-state index contributed by atoms with van der Waals surface area (Å²) in [5, 5.41) is 4.74. The molecular formula is C30H35N5O2. The molecule has 1 saturated heterocycles. The zero-order chi connectivity index (χ0) is 25.2. The number of hydrogen-bond acceptors (Lipinski definition) is 4. The van der Waals surface area contributed by atoms with Gasteiger partial charge in [0.25, 0.3) is 5.91 Å². The maximum Gasteiger partial charge on any atom is 0.253 e. The fraction of sp³-hybridized carbons (Fsp3) is 0.433. The Kier molecular flexibility index (Phi) is 6.79. The third-order valence-electron chi connectivity index (χ3n) is 8.18. The molecule has 0 radical (unpaired) electrons. The maximum absolute atomic E-state index is 13.2. The second-order valence-electron chi connectivity index (χ2n) is 10.5. The lowest BCUT2D eigenvalue weighted by Gasteiger charge is -2.40. The van der Waals surface area contributed by atoms with Crippen molar-refractivity contribution in [3.63, 3.8) is 0 Å². The third-order valence-corrected chi connectivity index (χ3v) is 8.18.